The first kappa shape index (κ1) is 21.0. The minimum atomic E-state index is -4.42. The number of hydrogen-bond donors (Lipinski definition) is 2. The number of anilines is 1. The molecule has 0 unspecified atom stereocenters. The fraction of sp³-hybridized carbons (Fsp3) is 0.200. The maximum absolute atomic E-state index is 12.6. The average Bonchev–Trinajstić information content (AvgIpc) is 2.67. The molecule has 2 rings (SSSR count). The van der Waals surface area contributed by atoms with Gasteiger partial charge in [-0.15, -0.1) is 0 Å². The molecule has 0 saturated heterocycles. The van der Waals surface area contributed by atoms with Crippen molar-refractivity contribution in [2.45, 2.75) is 13.1 Å². The molecule has 148 valence electrons. The SMILES string of the molecule is CNC(=O)c1cc(OC)ccc1NC(=O)C=C(C)c1ccc(C(F)(F)F)cc1. The van der Waals surface area contributed by atoms with Gasteiger partial charge in [-0.2, -0.15) is 13.2 Å². The van der Waals surface area contributed by atoms with Gasteiger partial charge in [0.25, 0.3) is 5.91 Å². The molecule has 0 heterocycles. The van der Waals surface area contributed by atoms with Crippen molar-refractivity contribution < 1.29 is 27.5 Å². The van der Waals surface area contributed by atoms with Gasteiger partial charge in [-0.05, 0) is 48.4 Å². The van der Waals surface area contributed by atoms with Crippen molar-refractivity contribution in [2.24, 2.45) is 0 Å². The number of carbonyl (C=O) groups is 2. The smallest absolute Gasteiger partial charge is 0.416 e. The lowest BCUT2D eigenvalue weighted by Gasteiger charge is -2.11. The predicted octanol–water partition coefficient (Wildman–Crippen LogP) is 4.12. The first-order chi connectivity index (χ1) is 13.2. The number of nitrogens with one attached hydrogen (secondary N) is 2. The maximum atomic E-state index is 12.6. The molecule has 0 aliphatic heterocycles. The molecule has 2 N–H and O–H groups in total. The van der Waals surface area contributed by atoms with Crippen molar-refractivity contribution in [3.05, 3.63) is 65.2 Å². The van der Waals surface area contributed by atoms with Crippen LogP contribution in [-0.2, 0) is 11.0 Å². The molecule has 0 saturated carbocycles. The molecule has 2 aromatic rings. The number of allylic oxidation sites excluding steroid dienone is 1. The van der Waals surface area contributed by atoms with Gasteiger partial charge < -0.3 is 15.4 Å². The van der Waals surface area contributed by atoms with Gasteiger partial charge in [0.1, 0.15) is 5.75 Å². The molecule has 0 aliphatic carbocycles. The Kier molecular flexibility index (Phi) is 6.45. The van der Waals surface area contributed by atoms with E-state index in [1.54, 1.807) is 13.0 Å². The summed E-state index contributed by atoms with van der Waals surface area (Å²) >= 11 is 0. The Morgan fingerprint density at radius 3 is 2.25 bits per heavy atom. The highest BCUT2D eigenvalue weighted by Gasteiger charge is 2.29. The second-order valence-electron chi connectivity index (χ2n) is 5.88. The van der Waals surface area contributed by atoms with Gasteiger partial charge in [-0.3, -0.25) is 9.59 Å². The van der Waals surface area contributed by atoms with E-state index in [0.717, 1.165) is 12.1 Å². The monoisotopic (exact) mass is 392 g/mol. The molecule has 0 fully saturated rings. The lowest BCUT2D eigenvalue weighted by Crippen LogP contribution is -2.21. The van der Waals surface area contributed by atoms with Gasteiger partial charge in [0.2, 0.25) is 5.91 Å². The highest BCUT2D eigenvalue weighted by Crippen LogP contribution is 2.30. The van der Waals surface area contributed by atoms with Crippen molar-refractivity contribution in [1.82, 2.24) is 5.32 Å². The Balaban J connectivity index is 2.22. The third-order valence-electron chi connectivity index (χ3n) is 3.97. The largest absolute Gasteiger partial charge is 0.497 e. The molecule has 28 heavy (non-hydrogen) atoms. The van der Waals surface area contributed by atoms with Crippen molar-refractivity contribution in [3.8, 4) is 5.75 Å². The fourth-order valence-electron chi connectivity index (χ4n) is 2.45. The van der Waals surface area contributed by atoms with E-state index in [9.17, 15) is 22.8 Å². The van der Waals surface area contributed by atoms with E-state index in [4.69, 9.17) is 4.74 Å². The molecule has 0 aliphatic rings. The van der Waals surface area contributed by atoms with Crippen LogP contribution in [-0.4, -0.2) is 26.0 Å². The van der Waals surface area contributed by atoms with Crippen LogP contribution >= 0.6 is 0 Å². The quantitative estimate of drug-likeness (QED) is 0.753. The average molecular weight is 392 g/mol. The summed E-state index contributed by atoms with van der Waals surface area (Å²) in [4.78, 5) is 24.3. The minimum absolute atomic E-state index is 0.218. The van der Waals surface area contributed by atoms with Crippen LogP contribution in [0.1, 0.15) is 28.4 Å². The van der Waals surface area contributed by atoms with E-state index >= 15 is 0 Å². The van der Waals surface area contributed by atoms with E-state index in [2.05, 4.69) is 10.6 Å². The summed E-state index contributed by atoms with van der Waals surface area (Å²) in [6, 6.07) is 9.12. The van der Waals surface area contributed by atoms with Crippen LogP contribution in [0.15, 0.2) is 48.5 Å². The summed E-state index contributed by atoms with van der Waals surface area (Å²) in [7, 11) is 2.92. The number of carbonyl (C=O) groups excluding carboxylic acids is 2. The Hall–Kier alpha value is -3.29. The lowest BCUT2D eigenvalue weighted by molar-refractivity contribution is -0.137. The summed E-state index contributed by atoms with van der Waals surface area (Å²) < 4.78 is 43.0. The molecule has 0 atom stereocenters. The van der Waals surface area contributed by atoms with Gasteiger partial charge in [-0.25, -0.2) is 0 Å². The second-order valence-corrected chi connectivity index (χ2v) is 5.88. The Labute approximate surface area is 160 Å². The van der Waals surface area contributed by atoms with Gasteiger partial charge in [-0.1, -0.05) is 12.1 Å². The van der Waals surface area contributed by atoms with Crippen LogP contribution in [0.4, 0.5) is 18.9 Å². The van der Waals surface area contributed by atoms with Crippen molar-refractivity contribution in [2.75, 3.05) is 19.5 Å². The van der Waals surface area contributed by atoms with Crippen LogP contribution in [0, 0.1) is 0 Å². The molecular formula is C20H19F3N2O3. The zero-order valence-corrected chi connectivity index (χ0v) is 15.5. The Bertz CT molecular complexity index is 904. The lowest BCUT2D eigenvalue weighted by atomic mass is 10.0. The molecule has 2 aromatic carbocycles. The normalized spacial score (nSPS) is 11.7. The molecule has 2 amide bonds. The van der Waals surface area contributed by atoms with E-state index in [-0.39, 0.29) is 11.3 Å². The van der Waals surface area contributed by atoms with Gasteiger partial charge in [0.05, 0.1) is 23.9 Å². The minimum Gasteiger partial charge on any atom is -0.497 e. The zero-order chi connectivity index (χ0) is 20.9. The molecule has 0 radical (unpaired) electrons. The number of hydrogen-bond acceptors (Lipinski definition) is 3. The topological polar surface area (TPSA) is 67.4 Å². The first-order valence-electron chi connectivity index (χ1n) is 8.22. The van der Waals surface area contributed by atoms with Crippen molar-refractivity contribution >= 4 is 23.1 Å². The number of amides is 2. The molecular weight excluding hydrogens is 373 g/mol. The van der Waals surface area contributed by atoms with Crippen LogP contribution in [0.25, 0.3) is 5.57 Å². The fourth-order valence-corrected chi connectivity index (χ4v) is 2.45. The van der Waals surface area contributed by atoms with Crippen molar-refractivity contribution in [1.29, 1.82) is 0 Å². The van der Waals surface area contributed by atoms with Crippen LogP contribution < -0.4 is 15.4 Å². The Morgan fingerprint density at radius 2 is 1.71 bits per heavy atom. The first-order valence-corrected chi connectivity index (χ1v) is 8.22. The number of alkyl halides is 3. The van der Waals surface area contributed by atoms with Gasteiger partial charge in [0.15, 0.2) is 0 Å². The van der Waals surface area contributed by atoms with Crippen LogP contribution in [0.2, 0.25) is 0 Å². The molecule has 5 nitrogen and oxygen atoms in total. The number of rotatable bonds is 5. The maximum Gasteiger partial charge on any atom is 0.416 e. The van der Waals surface area contributed by atoms with Crippen LogP contribution in [0.3, 0.4) is 0 Å². The van der Waals surface area contributed by atoms with Gasteiger partial charge in [0, 0.05) is 13.1 Å². The van der Waals surface area contributed by atoms with E-state index < -0.39 is 23.6 Å². The van der Waals surface area contributed by atoms with E-state index in [1.807, 2.05) is 0 Å². The van der Waals surface area contributed by atoms with Gasteiger partial charge >= 0.3 is 6.18 Å². The third-order valence-corrected chi connectivity index (χ3v) is 3.97. The molecule has 0 bridgehead atoms. The zero-order valence-electron chi connectivity index (χ0n) is 15.5. The number of benzene rings is 2. The molecule has 8 heteroatoms. The second kappa shape index (κ2) is 8.60. The predicted molar refractivity (Wildman–Crippen MR) is 100 cm³/mol. The summed E-state index contributed by atoms with van der Waals surface area (Å²) in [5.41, 5.74) is 0.685. The summed E-state index contributed by atoms with van der Waals surface area (Å²) in [6.07, 6.45) is -3.17. The standard InChI is InChI=1S/C20H19F3N2O3/c1-12(13-4-6-14(7-5-13)20(21,22)23)10-18(26)25-17-9-8-15(28-3)11-16(17)19(27)24-2/h4-11H,1-3H3,(H,24,27)(H,25,26). The third kappa shape index (κ3) is 5.12. The number of ether oxygens (including phenoxy) is 1. The highest BCUT2D eigenvalue weighted by atomic mass is 19.4. The number of methoxy groups -OCH3 is 1. The summed E-state index contributed by atoms with van der Waals surface area (Å²) in [5.74, 6) is -0.474. The molecule has 0 spiro atoms. The van der Waals surface area contributed by atoms with Crippen LogP contribution in [0.5, 0.6) is 5.75 Å². The Morgan fingerprint density at radius 1 is 1.07 bits per heavy atom. The van der Waals surface area contributed by atoms with Crippen molar-refractivity contribution in [3.63, 3.8) is 0 Å². The highest BCUT2D eigenvalue weighted by molar-refractivity contribution is 6.08. The summed E-state index contributed by atoms with van der Waals surface area (Å²) in [5, 5.41) is 5.08. The number of halogens is 3. The van der Waals surface area contributed by atoms with E-state index in [1.165, 1.54) is 44.5 Å². The van der Waals surface area contributed by atoms with E-state index in [0.29, 0.717) is 16.9 Å². The summed E-state index contributed by atoms with van der Waals surface area (Å²) in [6.45, 7) is 1.61. The molecule has 0 aromatic heterocycles.